The molecule has 0 spiro atoms. The lowest BCUT2D eigenvalue weighted by atomic mass is 10.0. The van der Waals surface area contributed by atoms with Crippen molar-refractivity contribution in [2.45, 2.75) is 59.4 Å². The molecule has 0 aromatic rings. The summed E-state index contributed by atoms with van der Waals surface area (Å²) < 4.78 is 16.4. The Morgan fingerprint density at radius 2 is 1.33 bits per heavy atom. The molecule has 0 amide bonds. The quantitative estimate of drug-likeness (QED) is 0.444. The highest BCUT2D eigenvalue weighted by Gasteiger charge is 2.02. The number of hydrogen-bond acceptors (Lipinski definition) is 4. The fourth-order valence-electron chi connectivity index (χ4n) is 1.85. The van der Waals surface area contributed by atoms with Gasteiger partial charge in [0.05, 0.1) is 33.0 Å². The van der Waals surface area contributed by atoms with Gasteiger partial charge in [0.25, 0.3) is 0 Å². The summed E-state index contributed by atoms with van der Waals surface area (Å²) in [4.78, 5) is 0. The van der Waals surface area contributed by atoms with Crippen molar-refractivity contribution in [2.75, 3.05) is 46.2 Å². The van der Waals surface area contributed by atoms with Crippen molar-refractivity contribution in [1.82, 2.24) is 5.32 Å². The summed E-state index contributed by atoms with van der Waals surface area (Å²) in [6.45, 7) is 14.1. The van der Waals surface area contributed by atoms with E-state index in [4.69, 9.17) is 14.2 Å². The first kappa shape index (κ1) is 20.8. The van der Waals surface area contributed by atoms with Crippen molar-refractivity contribution in [2.24, 2.45) is 5.92 Å². The minimum absolute atomic E-state index is 0.576. The van der Waals surface area contributed by atoms with Crippen LogP contribution < -0.4 is 5.32 Å². The standard InChI is InChI=1S/C17H37NO3/c1-5-6-10-19-12-14-21-15-13-20-11-9-18-17(4)8-7-16(2)3/h16-18H,5-15H2,1-4H3. The number of nitrogens with one attached hydrogen (secondary N) is 1. The number of unbranched alkanes of at least 4 members (excludes halogenated alkanes) is 1. The van der Waals surface area contributed by atoms with Crippen LogP contribution in [-0.2, 0) is 14.2 Å². The van der Waals surface area contributed by atoms with E-state index < -0.39 is 0 Å². The molecule has 0 aromatic carbocycles. The molecule has 1 N–H and O–H groups in total. The Morgan fingerprint density at radius 3 is 1.90 bits per heavy atom. The lowest BCUT2D eigenvalue weighted by Gasteiger charge is -2.15. The molecular formula is C17H37NO3. The van der Waals surface area contributed by atoms with E-state index in [1.54, 1.807) is 0 Å². The summed E-state index contributed by atoms with van der Waals surface area (Å²) in [6.07, 6.45) is 4.83. The van der Waals surface area contributed by atoms with Crippen LogP contribution >= 0.6 is 0 Å². The molecule has 0 bridgehead atoms. The Morgan fingerprint density at radius 1 is 0.762 bits per heavy atom. The molecule has 0 radical (unpaired) electrons. The molecule has 1 unspecified atom stereocenters. The molecule has 1 atom stereocenters. The van der Waals surface area contributed by atoms with Crippen molar-refractivity contribution in [3.63, 3.8) is 0 Å². The smallest absolute Gasteiger partial charge is 0.0701 e. The summed E-state index contributed by atoms with van der Waals surface area (Å²) in [5, 5.41) is 3.48. The maximum atomic E-state index is 5.53. The molecule has 0 aliphatic carbocycles. The van der Waals surface area contributed by atoms with Gasteiger partial charge in [-0.2, -0.15) is 0 Å². The van der Waals surface area contributed by atoms with Crippen molar-refractivity contribution < 1.29 is 14.2 Å². The van der Waals surface area contributed by atoms with E-state index in [0.29, 0.717) is 32.5 Å². The zero-order chi connectivity index (χ0) is 15.8. The minimum atomic E-state index is 0.576. The molecule has 128 valence electrons. The first-order valence-corrected chi connectivity index (χ1v) is 8.63. The second-order valence-corrected chi connectivity index (χ2v) is 6.02. The van der Waals surface area contributed by atoms with Crippen molar-refractivity contribution in [1.29, 1.82) is 0 Å². The summed E-state index contributed by atoms with van der Waals surface area (Å²) in [6, 6.07) is 0.576. The Bertz CT molecular complexity index is 200. The van der Waals surface area contributed by atoms with Crippen LogP contribution in [0.5, 0.6) is 0 Å². The molecule has 4 heteroatoms. The van der Waals surface area contributed by atoms with Gasteiger partial charge in [0.1, 0.15) is 0 Å². The van der Waals surface area contributed by atoms with Crippen LogP contribution in [0.3, 0.4) is 0 Å². The van der Waals surface area contributed by atoms with Gasteiger partial charge in [-0.3, -0.25) is 0 Å². The Balaban J connectivity index is 3.08. The summed E-state index contributed by atoms with van der Waals surface area (Å²) >= 11 is 0. The zero-order valence-electron chi connectivity index (χ0n) is 14.7. The molecule has 0 saturated heterocycles. The molecular weight excluding hydrogens is 266 g/mol. The molecule has 21 heavy (non-hydrogen) atoms. The predicted octanol–water partition coefficient (Wildman–Crippen LogP) is 3.25. The van der Waals surface area contributed by atoms with E-state index in [0.717, 1.165) is 32.1 Å². The van der Waals surface area contributed by atoms with Gasteiger partial charge in [-0.05, 0) is 32.1 Å². The zero-order valence-corrected chi connectivity index (χ0v) is 14.7. The highest BCUT2D eigenvalue weighted by Crippen LogP contribution is 2.05. The number of ether oxygens (including phenoxy) is 3. The van der Waals surface area contributed by atoms with Gasteiger partial charge in [-0.25, -0.2) is 0 Å². The maximum Gasteiger partial charge on any atom is 0.0701 e. The monoisotopic (exact) mass is 303 g/mol. The first-order valence-electron chi connectivity index (χ1n) is 8.63. The van der Waals surface area contributed by atoms with E-state index >= 15 is 0 Å². The molecule has 0 aromatic heterocycles. The average molecular weight is 303 g/mol. The third-order valence-electron chi connectivity index (χ3n) is 3.30. The summed E-state index contributed by atoms with van der Waals surface area (Å²) in [5.74, 6) is 0.786. The average Bonchev–Trinajstić information content (AvgIpc) is 2.46. The molecule has 0 aliphatic rings. The van der Waals surface area contributed by atoms with E-state index in [9.17, 15) is 0 Å². The van der Waals surface area contributed by atoms with Gasteiger partial charge in [0, 0.05) is 19.2 Å². The topological polar surface area (TPSA) is 39.7 Å². The van der Waals surface area contributed by atoms with Gasteiger partial charge < -0.3 is 19.5 Å². The van der Waals surface area contributed by atoms with Gasteiger partial charge in [0.2, 0.25) is 0 Å². The molecule has 0 fully saturated rings. The van der Waals surface area contributed by atoms with E-state index in [2.05, 4.69) is 33.0 Å². The summed E-state index contributed by atoms with van der Waals surface area (Å²) in [5.41, 5.74) is 0. The maximum absolute atomic E-state index is 5.53. The largest absolute Gasteiger partial charge is 0.379 e. The van der Waals surface area contributed by atoms with E-state index in [1.807, 2.05) is 0 Å². The Kier molecular flexibility index (Phi) is 16.1. The van der Waals surface area contributed by atoms with Gasteiger partial charge in [0.15, 0.2) is 0 Å². The van der Waals surface area contributed by atoms with Crippen LogP contribution in [0.1, 0.15) is 53.4 Å². The fraction of sp³-hybridized carbons (Fsp3) is 1.00. The number of hydrogen-bond donors (Lipinski definition) is 1. The number of rotatable bonds is 16. The fourth-order valence-corrected chi connectivity index (χ4v) is 1.85. The SMILES string of the molecule is CCCCOCCOCCOCCNC(C)CCC(C)C. The van der Waals surface area contributed by atoms with Crippen LogP contribution in [0, 0.1) is 5.92 Å². The Hall–Kier alpha value is -0.160. The summed E-state index contributed by atoms with van der Waals surface area (Å²) in [7, 11) is 0. The van der Waals surface area contributed by atoms with Gasteiger partial charge in [-0.1, -0.05) is 27.2 Å². The second kappa shape index (κ2) is 16.2. The van der Waals surface area contributed by atoms with Crippen LogP contribution in [0.15, 0.2) is 0 Å². The van der Waals surface area contributed by atoms with E-state index in [1.165, 1.54) is 19.3 Å². The molecule has 0 aliphatic heterocycles. The first-order chi connectivity index (χ1) is 10.2. The van der Waals surface area contributed by atoms with Gasteiger partial charge >= 0.3 is 0 Å². The van der Waals surface area contributed by atoms with Gasteiger partial charge in [-0.15, -0.1) is 0 Å². The highest BCUT2D eigenvalue weighted by molar-refractivity contribution is 4.61. The van der Waals surface area contributed by atoms with Crippen molar-refractivity contribution >= 4 is 0 Å². The second-order valence-electron chi connectivity index (χ2n) is 6.02. The third-order valence-corrected chi connectivity index (χ3v) is 3.30. The minimum Gasteiger partial charge on any atom is -0.379 e. The Labute approximate surface area is 131 Å². The van der Waals surface area contributed by atoms with Crippen LogP contribution in [0.4, 0.5) is 0 Å². The normalized spacial score (nSPS) is 13.0. The van der Waals surface area contributed by atoms with Crippen LogP contribution in [0.2, 0.25) is 0 Å². The predicted molar refractivity (Wildman–Crippen MR) is 88.9 cm³/mol. The molecule has 0 saturated carbocycles. The van der Waals surface area contributed by atoms with Crippen LogP contribution in [-0.4, -0.2) is 52.2 Å². The van der Waals surface area contributed by atoms with Crippen molar-refractivity contribution in [3.8, 4) is 0 Å². The third kappa shape index (κ3) is 17.8. The molecule has 4 nitrogen and oxygen atoms in total. The van der Waals surface area contributed by atoms with E-state index in [-0.39, 0.29) is 0 Å². The van der Waals surface area contributed by atoms with Crippen LogP contribution in [0.25, 0.3) is 0 Å². The molecule has 0 rings (SSSR count). The molecule has 0 heterocycles. The lowest BCUT2D eigenvalue weighted by Crippen LogP contribution is -2.30. The lowest BCUT2D eigenvalue weighted by molar-refractivity contribution is 0.0144. The highest BCUT2D eigenvalue weighted by atomic mass is 16.5. The van der Waals surface area contributed by atoms with Crippen molar-refractivity contribution in [3.05, 3.63) is 0 Å².